The van der Waals surface area contributed by atoms with E-state index in [1.807, 2.05) is 12.1 Å². The number of carbonyl (C=O) groups excluding carboxylic acids is 1. The Morgan fingerprint density at radius 2 is 1.93 bits per heavy atom. The predicted octanol–water partition coefficient (Wildman–Crippen LogP) is 3.89. The molecule has 0 radical (unpaired) electrons. The third-order valence-corrected chi connectivity index (χ3v) is 4.81. The molecular weight excluding hydrogens is 341 g/mol. The average molecular weight is 361 g/mol. The Morgan fingerprint density at radius 1 is 1.11 bits per heavy atom. The number of carbonyl (C=O) groups is 1. The average Bonchev–Trinajstić information content (AvgIpc) is 3.14. The van der Waals surface area contributed by atoms with Crippen molar-refractivity contribution >= 4 is 17.4 Å². The molecule has 4 rings (SSSR count). The van der Waals surface area contributed by atoms with E-state index < -0.39 is 0 Å². The van der Waals surface area contributed by atoms with Crippen molar-refractivity contribution in [1.29, 1.82) is 0 Å². The van der Waals surface area contributed by atoms with Gasteiger partial charge in [0.25, 0.3) is 5.91 Å². The fourth-order valence-electron chi connectivity index (χ4n) is 3.40. The van der Waals surface area contributed by atoms with Crippen LogP contribution in [0, 0.1) is 5.82 Å². The topological polar surface area (TPSA) is 45.2 Å². The van der Waals surface area contributed by atoms with Gasteiger partial charge in [-0.2, -0.15) is 0 Å². The number of para-hydroxylation sites is 1. The van der Waals surface area contributed by atoms with Crippen LogP contribution in [0.15, 0.2) is 66.9 Å². The summed E-state index contributed by atoms with van der Waals surface area (Å²) in [6, 6.07) is 18.4. The predicted molar refractivity (Wildman–Crippen MR) is 104 cm³/mol. The number of hydrogen-bond donors (Lipinski definition) is 1. The Hall–Kier alpha value is -3.21. The number of amides is 1. The highest BCUT2D eigenvalue weighted by atomic mass is 19.1. The fourth-order valence-corrected chi connectivity index (χ4v) is 3.40. The third-order valence-electron chi connectivity index (χ3n) is 4.81. The number of rotatable bonds is 5. The normalized spacial score (nSPS) is 12.7. The van der Waals surface area contributed by atoms with Crippen molar-refractivity contribution in [2.45, 2.75) is 12.8 Å². The number of pyridine rings is 1. The summed E-state index contributed by atoms with van der Waals surface area (Å²) in [5, 5.41) is 2.86. The van der Waals surface area contributed by atoms with Crippen molar-refractivity contribution in [2.24, 2.45) is 0 Å². The number of anilines is 2. The molecule has 0 saturated carbocycles. The van der Waals surface area contributed by atoms with Gasteiger partial charge in [0.05, 0.1) is 0 Å². The van der Waals surface area contributed by atoms with Crippen LogP contribution < -0.4 is 10.2 Å². The summed E-state index contributed by atoms with van der Waals surface area (Å²) in [6.07, 6.45) is 3.08. The Morgan fingerprint density at radius 3 is 2.81 bits per heavy atom. The van der Waals surface area contributed by atoms with E-state index >= 15 is 0 Å². The van der Waals surface area contributed by atoms with Gasteiger partial charge >= 0.3 is 0 Å². The van der Waals surface area contributed by atoms with Crippen molar-refractivity contribution in [3.8, 4) is 0 Å². The summed E-state index contributed by atoms with van der Waals surface area (Å²) in [5.74, 6) is 0.342. The van der Waals surface area contributed by atoms with Crippen molar-refractivity contribution < 1.29 is 9.18 Å². The molecule has 0 spiro atoms. The summed E-state index contributed by atoms with van der Waals surface area (Å²) >= 11 is 0. The number of nitrogens with zero attached hydrogens (tertiary/aromatic N) is 2. The highest BCUT2D eigenvalue weighted by Gasteiger charge is 2.21. The van der Waals surface area contributed by atoms with Crippen LogP contribution in [-0.2, 0) is 12.8 Å². The van der Waals surface area contributed by atoms with Crippen molar-refractivity contribution in [2.75, 3.05) is 18.0 Å². The molecule has 1 aliphatic rings. The van der Waals surface area contributed by atoms with Gasteiger partial charge < -0.3 is 10.2 Å². The molecule has 0 unspecified atom stereocenters. The Labute approximate surface area is 157 Å². The molecule has 5 heteroatoms. The van der Waals surface area contributed by atoms with E-state index in [-0.39, 0.29) is 11.7 Å². The van der Waals surface area contributed by atoms with Gasteiger partial charge in [0.2, 0.25) is 0 Å². The molecule has 4 nitrogen and oxygen atoms in total. The monoisotopic (exact) mass is 361 g/mol. The standard InChI is InChI=1S/C22H20FN3O/c23-19-7-3-1-5-16(19)9-13-25-22(27)18-10-12-24-21(15-18)26-14-11-17-6-2-4-8-20(17)26/h1-8,10,12,15H,9,11,13-14H2,(H,25,27). The first-order valence-corrected chi connectivity index (χ1v) is 9.05. The summed E-state index contributed by atoms with van der Waals surface area (Å²) < 4.78 is 13.7. The van der Waals surface area contributed by atoms with Gasteiger partial charge in [-0.05, 0) is 48.2 Å². The summed E-state index contributed by atoms with van der Waals surface area (Å²) in [5.41, 5.74) is 3.58. The van der Waals surface area contributed by atoms with E-state index in [0.717, 1.165) is 24.5 Å². The second-order valence-corrected chi connectivity index (χ2v) is 6.53. The summed E-state index contributed by atoms with van der Waals surface area (Å²) in [7, 11) is 0. The SMILES string of the molecule is O=C(NCCc1ccccc1F)c1ccnc(N2CCc3ccccc32)c1. The number of benzene rings is 2. The molecule has 2 heterocycles. The summed E-state index contributed by atoms with van der Waals surface area (Å²) in [4.78, 5) is 19.1. The van der Waals surface area contributed by atoms with Crippen LogP contribution in [0.2, 0.25) is 0 Å². The maximum Gasteiger partial charge on any atom is 0.251 e. The molecule has 0 saturated heterocycles. The molecule has 27 heavy (non-hydrogen) atoms. The number of halogens is 1. The molecule has 2 aromatic carbocycles. The molecule has 0 bridgehead atoms. The Kier molecular flexibility index (Phi) is 4.83. The lowest BCUT2D eigenvalue weighted by Gasteiger charge is -2.18. The van der Waals surface area contributed by atoms with Gasteiger partial charge in [0.15, 0.2) is 0 Å². The van der Waals surface area contributed by atoms with Crippen LogP contribution >= 0.6 is 0 Å². The first kappa shape index (κ1) is 17.2. The van der Waals surface area contributed by atoms with E-state index in [1.54, 1.807) is 36.5 Å². The molecule has 1 aromatic heterocycles. The first-order valence-electron chi connectivity index (χ1n) is 9.05. The molecule has 0 fully saturated rings. The third kappa shape index (κ3) is 3.67. The van der Waals surface area contributed by atoms with E-state index in [0.29, 0.717) is 24.1 Å². The van der Waals surface area contributed by atoms with E-state index in [2.05, 4.69) is 27.3 Å². The van der Waals surface area contributed by atoms with Crippen LogP contribution in [0.1, 0.15) is 21.5 Å². The molecular formula is C22H20FN3O. The fraction of sp³-hybridized carbons (Fsp3) is 0.182. The molecule has 1 amide bonds. The van der Waals surface area contributed by atoms with E-state index in [1.165, 1.54) is 11.6 Å². The number of aromatic nitrogens is 1. The molecule has 1 N–H and O–H groups in total. The minimum Gasteiger partial charge on any atom is -0.352 e. The van der Waals surface area contributed by atoms with Crippen molar-refractivity contribution in [3.63, 3.8) is 0 Å². The second kappa shape index (κ2) is 7.58. The second-order valence-electron chi connectivity index (χ2n) is 6.53. The molecule has 0 aliphatic carbocycles. The Balaban J connectivity index is 1.43. The zero-order valence-corrected chi connectivity index (χ0v) is 14.9. The lowest BCUT2D eigenvalue weighted by Crippen LogP contribution is -2.26. The molecule has 136 valence electrons. The quantitative estimate of drug-likeness (QED) is 0.750. The van der Waals surface area contributed by atoms with Gasteiger partial charge in [-0.3, -0.25) is 4.79 Å². The van der Waals surface area contributed by atoms with Crippen LogP contribution in [-0.4, -0.2) is 24.0 Å². The maximum absolute atomic E-state index is 13.7. The largest absolute Gasteiger partial charge is 0.352 e. The van der Waals surface area contributed by atoms with E-state index in [9.17, 15) is 9.18 Å². The lowest BCUT2D eigenvalue weighted by molar-refractivity contribution is 0.0954. The van der Waals surface area contributed by atoms with Crippen LogP contribution in [0.3, 0.4) is 0 Å². The van der Waals surface area contributed by atoms with Gasteiger partial charge in [0, 0.05) is 30.5 Å². The van der Waals surface area contributed by atoms with Gasteiger partial charge in [-0.1, -0.05) is 36.4 Å². The van der Waals surface area contributed by atoms with Crippen LogP contribution in [0.4, 0.5) is 15.9 Å². The summed E-state index contributed by atoms with van der Waals surface area (Å²) in [6.45, 7) is 1.23. The number of nitrogens with one attached hydrogen (secondary N) is 1. The molecule has 0 atom stereocenters. The maximum atomic E-state index is 13.7. The lowest BCUT2D eigenvalue weighted by atomic mass is 10.1. The number of fused-ring (bicyclic) bond motifs is 1. The minimum atomic E-state index is -0.245. The van der Waals surface area contributed by atoms with Crippen LogP contribution in [0.5, 0.6) is 0 Å². The van der Waals surface area contributed by atoms with Crippen LogP contribution in [0.25, 0.3) is 0 Å². The highest BCUT2D eigenvalue weighted by Crippen LogP contribution is 2.33. The van der Waals surface area contributed by atoms with Crippen molar-refractivity contribution in [1.82, 2.24) is 10.3 Å². The first-order chi connectivity index (χ1) is 13.2. The Bertz CT molecular complexity index is 973. The van der Waals surface area contributed by atoms with Crippen molar-refractivity contribution in [3.05, 3.63) is 89.4 Å². The smallest absolute Gasteiger partial charge is 0.251 e. The molecule has 3 aromatic rings. The minimum absolute atomic E-state index is 0.178. The number of hydrogen-bond acceptors (Lipinski definition) is 3. The van der Waals surface area contributed by atoms with Gasteiger partial charge in [-0.25, -0.2) is 9.37 Å². The van der Waals surface area contributed by atoms with Gasteiger partial charge in [0.1, 0.15) is 11.6 Å². The highest BCUT2D eigenvalue weighted by molar-refractivity contribution is 5.95. The van der Waals surface area contributed by atoms with E-state index in [4.69, 9.17) is 0 Å². The zero-order valence-electron chi connectivity index (χ0n) is 14.9. The molecule has 1 aliphatic heterocycles. The zero-order chi connectivity index (χ0) is 18.6. The van der Waals surface area contributed by atoms with Gasteiger partial charge in [-0.15, -0.1) is 0 Å².